The van der Waals surface area contributed by atoms with Gasteiger partial charge in [0.15, 0.2) is 0 Å². The van der Waals surface area contributed by atoms with E-state index in [2.05, 4.69) is 61.0 Å². The summed E-state index contributed by atoms with van der Waals surface area (Å²) in [7, 11) is 0. The van der Waals surface area contributed by atoms with E-state index in [0.717, 1.165) is 19.5 Å². The zero-order valence-corrected chi connectivity index (χ0v) is 13.3. The lowest BCUT2D eigenvalue weighted by Gasteiger charge is -2.20. The second kappa shape index (κ2) is 7.50. The maximum absolute atomic E-state index is 4.37. The van der Waals surface area contributed by atoms with Gasteiger partial charge in [-0.05, 0) is 43.3 Å². The maximum atomic E-state index is 4.37. The Morgan fingerprint density at radius 1 is 1.30 bits per heavy atom. The first kappa shape index (κ1) is 15.1. The SMILES string of the molecule is CCNC(Cc1cnn(CC)c1)c1ccccc1SC. The number of nitrogens with zero attached hydrogens (tertiary/aromatic N) is 2. The van der Waals surface area contributed by atoms with Crippen molar-refractivity contribution in [3.8, 4) is 0 Å². The minimum absolute atomic E-state index is 0.346. The monoisotopic (exact) mass is 289 g/mol. The van der Waals surface area contributed by atoms with Crippen LogP contribution in [0.4, 0.5) is 0 Å². The van der Waals surface area contributed by atoms with Crippen LogP contribution >= 0.6 is 11.8 Å². The van der Waals surface area contributed by atoms with E-state index >= 15 is 0 Å². The molecule has 1 aromatic heterocycles. The Morgan fingerprint density at radius 2 is 2.10 bits per heavy atom. The van der Waals surface area contributed by atoms with Crippen LogP contribution in [-0.4, -0.2) is 22.6 Å². The van der Waals surface area contributed by atoms with Crippen molar-refractivity contribution in [3.05, 3.63) is 47.8 Å². The number of aromatic nitrogens is 2. The predicted octanol–water partition coefficient (Wildman–Crippen LogP) is 3.52. The van der Waals surface area contributed by atoms with Crippen LogP contribution in [0.15, 0.2) is 41.6 Å². The van der Waals surface area contributed by atoms with Gasteiger partial charge in [0.05, 0.1) is 6.20 Å². The summed E-state index contributed by atoms with van der Waals surface area (Å²) in [6, 6.07) is 8.99. The highest BCUT2D eigenvalue weighted by Gasteiger charge is 2.15. The van der Waals surface area contributed by atoms with E-state index in [-0.39, 0.29) is 0 Å². The molecule has 0 radical (unpaired) electrons. The molecule has 4 heteroatoms. The molecular formula is C16H23N3S. The highest BCUT2D eigenvalue weighted by Crippen LogP contribution is 2.27. The average Bonchev–Trinajstić information content (AvgIpc) is 2.94. The zero-order valence-electron chi connectivity index (χ0n) is 12.5. The molecule has 0 spiro atoms. The van der Waals surface area contributed by atoms with Crippen molar-refractivity contribution in [1.29, 1.82) is 0 Å². The molecule has 0 aliphatic rings. The summed E-state index contributed by atoms with van der Waals surface area (Å²) >= 11 is 1.81. The Bertz CT molecular complexity index is 536. The maximum Gasteiger partial charge on any atom is 0.0522 e. The normalized spacial score (nSPS) is 12.6. The number of benzene rings is 1. The van der Waals surface area contributed by atoms with Crippen LogP contribution in [0.5, 0.6) is 0 Å². The minimum atomic E-state index is 0.346. The summed E-state index contributed by atoms with van der Waals surface area (Å²) in [5.74, 6) is 0. The van der Waals surface area contributed by atoms with Gasteiger partial charge in [0.2, 0.25) is 0 Å². The molecule has 0 fully saturated rings. The van der Waals surface area contributed by atoms with E-state index in [0.29, 0.717) is 6.04 Å². The molecule has 1 heterocycles. The van der Waals surface area contributed by atoms with Crippen LogP contribution in [0, 0.1) is 0 Å². The van der Waals surface area contributed by atoms with Gasteiger partial charge in [0, 0.05) is 23.7 Å². The van der Waals surface area contributed by atoms with Crippen molar-refractivity contribution < 1.29 is 0 Å². The lowest BCUT2D eigenvalue weighted by Crippen LogP contribution is -2.23. The fraction of sp³-hybridized carbons (Fsp3) is 0.438. The molecule has 20 heavy (non-hydrogen) atoms. The summed E-state index contributed by atoms with van der Waals surface area (Å²) < 4.78 is 1.98. The zero-order chi connectivity index (χ0) is 14.4. The number of likely N-dealkylation sites (N-methyl/N-ethyl adjacent to an activating group) is 1. The number of rotatable bonds is 7. The average molecular weight is 289 g/mol. The number of hydrogen-bond donors (Lipinski definition) is 1. The third-order valence-electron chi connectivity index (χ3n) is 3.42. The van der Waals surface area contributed by atoms with Gasteiger partial charge < -0.3 is 5.32 Å². The van der Waals surface area contributed by atoms with Crippen molar-refractivity contribution in [2.75, 3.05) is 12.8 Å². The first-order chi connectivity index (χ1) is 9.78. The molecule has 0 aliphatic carbocycles. The molecule has 0 amide bonds. The third kappa shape index (κ3) is 3.64. The van der Waals surface area contributed by atoms with Gasteiger partial charge in [-0.3, -0.25) is 4.68 Å². The van der Waals surface area contributed by atoms with Crippen LogP contribution in [0.1, 0.15) is 31.0 Å². The smallest absolute Gasteiger partial charge is 0.0522 e. The number of nitrogens with one attached hydrogen (secondary N) is 1. The predicted molar refractivity (Wildman–Crippen MR) is 86.2 cm³/mol. The lowest BCUT2D eigenvalue weighted by molar-refractivity contribution is 0.542. The molecule has 0 saturated heterocycles. The fourth-order valence-electron chi connectivity index (χ4n) is 2.41. The van der Waals surface area contributed by atoms with E-state index in [9.17, 15) is 0 Å². The molecule has 1 N–H and O–H groups in total. The van der Waals surface area contributed by atoms with E-state index in [1.807, 2.05) is 22.6 Å². The van der Waals surface area contributed by atoms with Gasteiger partial charge in [0.1, 0.15) is 0 Å². The topological polar surface area (TPSA) is 29.9 Å². The molecule has 1 aromatic carbocycles. The first-order valence-electron chi connectivity index (χ1n) is 7.16. The van der Waals surface area contributed by atoms with Crippen LogP contribution in [0.3, 0.4) is 0 Å². The summed E-state index contributed by atoms with van der Waals surface area (Å²) in [5.41, 5.74) is 2.67. The van der Waals surface area contributed by atoms with Crippen LogP contribution in [0.25, 0.3) is 0 Å². The fourth-order valence-corrected chi connectivity index (χ4v) is 3.07. The van der Waals surface area contributed by atoms with Crippen molar-refractivity contribution in [2.24, 2.45) is 0 Å². The van der Waals surface area contributed by atoms with Gasteiger partial charge in [-0.2, -0.15) is 5.10 Å². The molecule has 1 unspecified atom stereocenters. The summed E-state index contributed by atoms with van der Waals surface area (Å²) in [4.78, 5) is 1.35. The summed E-state index contributed by atoms with van der Waals surface area (Å²) in [5, 5.41) is 7.97. The van der Waals surface area contributed by atoms with E-state index in [1.54, 1.807) is 0 Å². The summed E-state index contributed by atoms with van der Waals surface area (Å²) in [6.07, 6.45) is 7.24. The minimum Gasteiger partial charge on any atom is -0.310 e. The Labute approximate surface area is 125 Å². The second-order valence-electron chi connectivity index (χ2n) is 4.76. The van der Waals surface area contributed by atoms with Gasteiger partial charge >= 0.3 is 0 Å². The van der Waals surface area contributed by atoms with Gasteiger partial charge in [-0.15, -0.1) is 11.8 Å². The van der Waals surface area contributed by atoms with E-state index < -0.39 is 0 Å². The quantitative estimate of drug-likeness (QED) is 0.791. The molecule has 3 nitrogen and oxygen atoms in total. The van der Waals surface area contributed by atoms with Crippen molar-refractivity contribution >= 4 is 11.8 Å². The summed E-state index contributed by atoms with van der Waals surface area (Å²) in [6.45, 7) is 6.16. The molecule has 2 rings (SSSR count). The highest BCUT2D eigenvalue weighted by molar-refractivity contribution is 7.98. The van der Waals surface area contributed by atoms with E-state index in [4.69, 9.17) is 0 Å². The van der Waals surface area contributed by atoms with Gasteiger partial charge in [-0.25, -0.2) is 0 Å². The van der Waals surface area contributed by atoms with Crippen molar-refractivity contribution in [2.45, 2.75) is 37.8 Å². The Morgan fingerprint density at radius 3 is 2.75 bits per heavy atom. The standard InChI is InChI=1S/C16H23N3S/c1-4-17-15(10-13-11-18-19(5-2)12-13)14-8-6-7-9-16(14)20-3/h6-9,11-12,15,17H,4-5,10H2,1-3H3. The van der Waals surface area contributed by atoms with Gasteiger partial charge in [0.25, 0.3) is 0 Å². The van der Waals surface area contributed by atoms with Gasteiger partial charge in [-0.1, -0.05) is 25.1 Å². The molecule has 2 aromatic rings. The number of thioether (sulfide) groups is 1. The Hall–Kier alpha value is -1.26. The second-order valence-corrected chi connectivity index (χ2v) is 5.61. The Balaban J connectivity index is 2.21. The lowest BCUT2D eigenvalue weighted by atomic mass is 10.0. The number of aryl methyl sites for hydroxylation is 1. The molecular weight excluding hydrogens is 266 g/mol. The molecule has 0 aliphatic heterocycles. The Kier molecular flexibility index (Phi) is 5.68. The van der Waals surface area contributed by atoms with Crippen molar-refractivity contribution in [1.82, 2.24) is 15.1 Å². The molecule has 108 valence electrons. The van der Waals surface area contributed by atoms with Crippen LogP contribution in [0.2, 0.25) is 0 Å². The number of hydrogen-bond acceptors (Lipinski definition) is 3. The largest absolute Gasteiger partial charge is 0.310 e. The molecule has 0 saturated carbocycles. The third-order valence-corrected chi connectivity index (χ3v) is 4.23. The van der Waals surface area contributed by atoms with E-state index in [1.165, 1.54) is 16.0 Å². The van der Waals surface area contributed by atoms with Crippen molar-refractivity contribution in [3.63, 3.8) is 0 Å². The van der Waals surface area contributed by atoms with Crippen LogP contribution in [-0.2, 0) is 13.0 Å². The highest BCUT2D eigenvalue weighted by atomic mass is 32.2. The molecule has 0 bridgehead atoms. The van der Waals surface area contributed by atoms with Crippen LogP contribution < -0.4 is 5.32 Å². The first-order valence-corrected chi connectivity index (χ1v) is 8.38. The molecule has 1 atom stereocenters.